The van der Waals surface area contributed by atoms with Crippen molar-refractivity contribution >= 4 is 10.9 Å². The van der Waals surface area contributed by atoms with Gasteiger partial charge in [-0.2, -0.15) is 5.26 Å². The molecule has 1 saturated carbocycles. The fourth-order valence-electron chi connectivity index (χ4n) is 2.70. The van der Waals surface area contributed by atoms with Crippen molar-refractivity contribution in [3.8, 4) is 6.07 Å². The Balaban J connectivity index is 2.07. The van der Waals surface area contributed by atoms with Crippen LogP contribution in [0.2, 0.25) is 0 Å². The molecule has 0 unspecified atom stereocenters. The molecule has 18 heavy (non-hydrogen) atoms. The number of hydrogen-bond acceptors (Lipinski definition) is 2. The quantitative estimate of drug-likeness (QED) is 0.895. The summed E-state index contributed by atoms with van der Waals surface area (Å²) >= 11 is 0. The summed E-state index contributed by atoms with van der Waals surface area (Å²) < 4.78 is 2.28. The molecule has 2 N–H and O–H groups in total. The molecule has 92 valence electrons. The van der Waals surface area contributed by atoms with Crippen LogP contribution in [0.15, 0.2) is 24.4 Å². The minimum Gasteiger partial charge on any atom is -0.347 e. The van der Waals surface area contributed by atoms with Crippen LogP contribution in [0.5, 0.6) is 0 Å². The Bertz CT molecular complexity index is 614. The average molecular weight is 239 g/mol. The first-order chi connectivity index (χ1) is 8.81. The lowest BCUT2D eigenvalue weighted by atomic mass is 9.85. The van der Waals surface area contributed by atoms with Gasteiger partial charge in [0.15, 0.2) is 0 Å². The van der Waals surface area contributed by atoms with E-state index in [1.807, 2.05) is 18.2 Å². The second-order valence-corrected chi connectivity index (χ2v) is 5.15. The van der Waals surface area contributed by atoms with Crippen molar-refractivity contribution in [3.05, 3.63) is 35.5 Å². The van der Waals surface area contributed by atoms with E-state index in [1.54, 1.807) is 0 Å². The molecule has 1 aliphatic rings. The maximum Gasteiger partial charge on any atom is 0.0992 e. The van der Waals surface area contributed by atoms with Gasteiger partial charge in [0.1, 0.15) is 0 Å². The number of fused-ring (bicyclic) bond motifs is 1. The largest absolute Gasteiger partial charge is 0.347 e. The lowest BCUT2D eigenvalue weighted by Gasteiger charge is -2.26. The van der Waals surface area contributed by atoms with Gasteiger partial charge in [0.05, 0.1) is 11.6 Å². The molecule has 0 radical (unpaired) electrons. The van der Waals surface area contributed by atoms with Crippen molar-refractivity contribution in [1.82, 2.24) is 4.57 Å². The van der Waals surface area contributed by atoms with Crippen molar-refractivity contribution < 1.29 is 0 Å². The first-order valence-corrected chi connectivity index (χ1v) is 6.53. The average Bonchev–Trinajstić information content (AvgIpc) is 2.71. The highest BCUT2D eigenvalue weighted by Gasteiger charge is 2.19. The predicted octanol–water partition coefficient (Wildman–Crippen LogP) is 2.77. The van der Waals surface area contributed by atoms with Gasteiger partial charge in [-0.05, 0) is 36.5 Å². The first-order valence-electron chi connectivity index (χ1n) is 6.53. The summed E-state index contributed by atoms with van der Waals surface area (Å²) in [6, 6.07) is 8.08. The maximum atomic E-state index is 9.01. The third-order valence-electron chi connectivity index (χ3n) is 3.99. The van der Waals surface area contributed by atoms with E-state index < -0.39 is 0 Å². The fraction of sp³-hybridized carbons (Fsp3) is 0.400. The molecule has 3 nitrogen and oxygen atoms in total. The van der Waals surface area contributed by atoms with Gasteiger partial charge in [-0.1, -0.05) is 12.5 Å². The third-order valence-corrected chi connectivity index (χ3v) is 3.99. The Labute approximate surface area is 107 Å². The Kier molecular flexibility index (Phi) is 2.81. The van der Waals surface area contributed by atoms with Crippen molar-refractivity contribution in [2.45, 2.75) is 32.4 Å². The van der Waals surface area contributed by atoms with E-state index in [0.717, 1.165) is 23.5 Å². The molecule has 0 bridgehead atoms. The van der Waals surface area contributed by atoms with E-state index in [4.69, 9.17) is 11.0 Å². The molecule has 3 rings (SSSR count). The normalized spacial score (nSPS) is 15.6. The molecule has 1 heterocycles. The Hall–Kier alpha value is -1.79. The van der Waals surface area contributed by atoms with Crippen molar-refractivity contribution in [1.29, 1.82) is 5.26 Å². The smallest absolute Gasteiger partial charge is 0.0992 e. The van der Waals surface area contributed by atoms with Crippen LogP contribution in [0, 0.1) is 17.2 Å². The molecule has 1 fully saturated rings. The van der Waals surface area contributed by atoms with Crippen LogP contribution in [-0.4, -0.2) is 4.57 Å². The Morgan fingerprint density at radius 3 is 2.83 bits per heavy atom. The highest BCUT2D eigenvalue weighted by molar-refractivity contribution is 5.85. The molecule has 0 spiro atoms. The second kappa shape index (κ2) is 4.47. The van der Waals surface area contributed by atoms with Crippen LogP contribution in [0.4, 0.5) is 0 Å². The number of nitrogens with two attached hydrogens (primary N) is 1. The van der Waals surface area contributed by atoms with Crippen LogP contribution in [0.1, 0.15) is 30.4 Å². The van der Waals surface area contributed by atoms with Crippen molar-refractivity contribution in [2.24, 2.45) is 11.7 Å². The van der Waals surface area contributed by atoms with Crippen LogP contribution in [0.25, 0.3) is 10.9 Å². The lowest BCUT2D eigenvalue weighted by molar-refractivity contribution is 0.279. The zero-order valence-corrected chi connectivity index (χ0v) is 10.4. The molecule has 0 aliphatic heterocycles. The molecular weight excluding hydrogens is 222 g/mol. The van der Waals surface area contributed by atoms with Crippen molar-refractivity contribution in [2.75, 3.05) is 0 Å². The molecule has 1 aliphatic carbocycles. The molecule has 0 atom stereocenters. The highest BCUT2D eigenvalue weighted by atomic mass is 15.0. The number of hydrogen-bond donors (Lipinski definition) is 1. The maximum absolute atomic E-state index is 9.01. The van der Waals surface area contributed by atoms with Gasteiger partial charge < -0.3 is 10.3 Å². The number of nitrogens with zero attached hydrogens (tertiary/aromatic N) is 2. The molecule has 1 aromatic heterocycles. The van der Waals surface area contributed by atoms with Crippen LogP contribution in [-0.2, 0) is 13.1 Å². The van der Waals surface area contributed by atoms with Gasteiger partial charge in [0.25, 0.3) is 0 Å². The van der Waals surface area contributed by atoms with Crippen LogP contribution >= 0.6 is 0 Å². The highest BCUT2D eigenvalue weighted by Crippen LogP contribution is 2.30. The van der Waals surface area contributed by atoms with Crippen LogP contribution in [0.3, 0.4) is 0 Å². The van der Waals surface area contributed by atoms with E-state index >= 15 is 0 Å². The molecule has 3 heteroatoms. The fourth-order valence-corrected chi connectivity index (χ4v) is 2.70. The van der Waals surface area contributed by atoms with Gasteiger partial charge in [0, 0.05) is 30.2 Å². The van der Waals surface area contributed by atoms with E-state index in [-0.39, 0.29) is 0 Å². The first kappa shape index (κ1) is 11.3. The molecule has 0 amide bonds. The van der Waals surface area contributed by atoms with Gasteiger partial charge in [-0.15, -0.1) is 0 Å². The molecule has 1 aromatic carbocycles. The molecule has 0 saturated heterocycles. The SMILES string of the molecule is N#Cc1ccc2c(CN)cn(CC3CCC3)c2c1. The summed E-state index contributed by atoms with van der Waals surface area (Å²) in [6.07, 6.45) is 6.17. The number of rotatable bonds is 3. The van der Waals surface area contributed by atoms with E-state index in [2.05, 4.69) is 16.8 Å². The Morgan fingerprint density at radius 1 is 1.39 bits per heavy atom. The zero-order chi connectivity index (χ0) is 12.5. The number of nitriles is 1. The zero-order valence-electron chi connectivity index (χ0n) is 10.4. The van der Waals surface area contributed by atoms with E-state index in [0.29, 0.717) is 6.54 Å². The summed E-state index contributed by atoms with van der Waals surface area (Å²) in [5.41, 5.74) is 8.85. The summed E-state index contributed by atoms with van der Waals surface area (Å²) in [7, 11) is 0. The molecule has 2 aromatic rings. The summed E-state index contributed by atoms with van der Waals surface area (Å²) in [5, 5.41) is 10.2. The standard InChI is InChI=1S/C15H17N3/c16-7-12-4-5-14-13(8-17)10-18(15(14)6-12)9-11-2-1-3-11/h4-6,10-11H,1-3,8-9,17H2. The summed E-state index contributed by atoms with van der Waals surface area (Å²) in [4.78, 5) is 0. The van der Waals surface area contributed by atoms with E-state index in [9.17, 15) is 0 Å². The van der Waals surface area contributed by atoms with Gasteiger partial charge >= 0.3 is 0 Å². The number of aromatic nitrogens is 1. The van der Waals surface area contributed by atoms with Gasteiger partial charge in [0.2, 0.25) is 0 Å². The minimum atomic E-state index is 0.556. The van der Waals surface area contributed by atoms with Crippen molar-refractivity contribution in [3.63, 3.8) is 0 Å². The number of benzene rings is 1. The molecular formula is C15H17N3. The van der Waals surface area contributed by atoms with Crippen LogP contribution < -0.4 is 5.73 Å². The minimum absolute atomic E-state index is 0.556. The Morgan fingerprint density at radius 2 is 2.22 bits per heavy atom. The van der Waals surface area contributed by atoms with Gasteiger partial charge in [-0.25, -0.2) is 0 Å². The second-order valence-electron chi connectivity index (χ2n) is 5.15. The van der Waals surface area contributed by atoms with Gasteiger partial charge in [-0.3, -0.25) is 0 Å². The van der Waals surface area contributed by atoms with E-state index in [1.165, 1.54) is 30.2 Å². The topological polar surface area (TPSA) is 54.7 Å². The third kappa shape index (κ3) is 1.79. The predicted molar refractivity (Wildman–Crippen MR) is 71.9 cm³/mol. The monoisotopic (exact) mass is 239 g/mol. The summed E-state index contributed by atoms with van der Waals surface area (Å²) in [6.45, 7) is 1.62. The summed E-state index contributed by atoms with van der Waals surface area (Å²) in [5.74, 6) is 0.803. The lowest BCUT2D eigenvalue weighted by Crippen LogP contribution is -2.17.